The predicted octanol–water partition coefficient (Wildman–Crippen LogP) is 2.30. The van der Waals surface area contributed by atoms with Crippen molar-refractivity contribution in [2.75, 3.05) is 57.9 Å². The van der Waals surface area contributed by atoms with Crippen molar-refractivity contribution in [2.24, 2.45) is 11.7 Å². The highest BCUT2D eigenvalue weighted by atomic mass is 32.2. The van der Waals surface area contributed by atoms with E-state index in [2.05, 4.69) is 24.0 Å². The van der Waals surface area contributed by atoms with E-state index < -0.39 is 0 Å². The number of amides is 1. The number of nitrogens with zero attached hydrogens (tertiary/aromatic N) is 2. The largest absolute Gasteiger partial charge is 0.376 e. The molecule has 2 aliphatic rings. The molecule has 2 aliphatic heterocycles. The lowest BCUT2D eigenvalue weighted by Gasteiger charge is -2.30. The van der Waals surface area contributed by atoms with Gasteiger partial charge in [0.15, 0.2) is 0 Å². The maximum absolute atomic E-state index is 11.6. The Labute approximate surface area is 165 Å². The molecule has 0 spiro atoms. The van der Waals surface area contributed by atoms with E-state index in [1.807, 2.05) is 30.5 Å². The summed E-state index contributed by atoms with van der Waals surface area (Å²) in [6.07, 6.45) is 15.5. The highest BCUT2D eigenvalue weighted by molar-refractivity contribution is 7.98. The number of hydrogen-bond donors (Lipinski definition) is 1. The Hall–Kier alpha value is -0.740. The van der Waals surface area contributed by atoms with Crippen molar-refractivity contribution >= 4 is 17.7 Å². The molecule has 2 unspecified atom stereocenters. The van der Waals surface area contributed by atoms with Gasteiger partial charge in [-0.15, -0.1) is 12.8 Å². The molecular weight excluding hydrogens is 346 g/mol. The topological polar surface area (TPSA) is 58.8 Å². The van der Waals surface area contributed by atoms with Crippen LogP contribution in [0.2, 0.25) is 0 Å². The van der Waals surface area contributed by atoms with Crippen molar-refractivity contribution in [3.05, 3.63) is 0 Å². The zero-order chi connectivity index (χ0) is 19.8. The Morgan fingerprint density at radius 1 is 1.23 bits per heavy atom. The van der Waals surface area contributed by atoms with Crippen LogP contribution in [0.1, 0.15) is 39.5 Å². The lowest BCUT2D eigenvalue weighted by atomic mass is 10.1. The van der Waals surface area contributed by atoms with Gasteiger partial charge in [-0.25, -0.2) is 0 Å². The molecule has 2 fully saturated rings. The van der Waals surface area contributed by atoms with Gasteiger partial charge in [0.1, 0.15) is 0 Å². The molecule has 26 heavy (non-hydrogen) atoms. The van der Waals surface area contributed by atoms with Crippen molar-refractivity contribution in [2.45, 2.75) is 45.6 Å². The molecule has 0 aromatic carbocycles. The predicted molar refractivity (Wildman–Crippen MR) is 113 cm³/mol. The quantitative estimate of drug-likeness (QED) is 0.650. The summed E-state index contributed by atoms with van der Waals surface area (Å²) in [5.74, 6) is 1.59. The molecule has 0 saturated carbocycles. The van der Waals surface area contributed by atoms with Crippen LogP contribution in [0, 0.1) is 18.8 Å². The van der Waals surface area contributed by atoms with Gasteiger partial charge in [0.2, 0.25) is 5.91 Å². The Morgan fingerprint density at radius 2 is 1.88 bits per heavy atom. The maximum Gasteiger partial charge on any atom is 0.236 e. The van der Waals surface area contributed by atoms with Crippen LogP contribution in [0.15, 0.2) is 0 Å². The third kappa shape index (κ3) is 9.82. The molecule has 2 saturated heterocycles. The van der Waals surface area contributed by atoms with Crippen molar-refractivity contribution in [1.82, 2.24) is 9.80 Å². The smallest absolute Gasteiger partial charge is 0.236 e. The minimum atomic E-state index is 0.0662. The molecule has 0 aromatic rings. The van der Waals surface area contributed by atoms with Gasteiger partial charge in [0.25, 0.3) is 0 Å². The Bertz CT molecular complexity index is 373. The fraction of sp³-hybridized carbons (Fsp3) is 0.850. The van der Waals surface area contributed by atoms with Crippen molar-refractivity contribution < 1.29 is 9.53 Å². The zero-order valence-electron chi connectivity index (χ0n) is 17.0. The molecule has 6 heteroatoms. The van der Waals surface area contributed by atoms with Gasteiger partial charge in [-0.2, -0.15) is 11.8 Å². The van der Waals surface area contributed by atoms with Crippen LogP contribution in [0.4, 0.5) is 0 Å². The number of ether oxygens (including phenoxy) is 1. The maximum atomic E-state index is 11.6. The third-order valence-corrected chi connectivity index (χ3v) is 5.35. The third-order valence-electron chi connectivity index (χ3n) is 4.64. The van der Waals surface area contributed by atoms with Crippen LogP contribution < -0.4 is 5.73 Å². The first kappa shape index (κ1) is 25.3. The molecule has 0 aliphatic carbocycles. The lowest BCUT2D eigenvalue weighted by molar-refractivity contribution is -0.128. The van der Waals surface area contributed by atoms with Gasteiger partial charge in [0, 0.05) is 31.3 Å². The number of terminal acetylenes is 1. The molecule has 152 valence electrons. The van der Waals surface area contributed by atoms with E-state index in [1.165, 1.54) is 32.4 Å². The van der Waals surface area contributed by atoms with E-state index in [1.54, 1.807) is 0 Å². The summed E-state index contributed by atoms with van der Waals surface area (Å²) in [5, 5.41) is 0. The summed E-state index contributed by atoms with van der Waals surface area (Å²) in [4.78, 5) is 16.0. The van der Waals surface area contributed by atoms with Crippen molar-refractivity contribution in [3.63, 3.8) is 0 Å². The van der Waals surface area contributed by atoms with E-state index in [4.69, 9.17) is 10.5 Å². The molecule has 5 nitrogen and oxygen atoms in total. The number of nitrogens with two attached hydrogens (primary N) is 1. The average molecular weight is 386 g/mol. The Morgan fingerprint density at radius 3 is 2.46 bits per heavy atom. The van der Waals surface area contributed by atoms with Crippen LogP contribution in [-0.4, -0.2) is 79.7 Å². The SMILES string of the molecule is C#C.CC.CSCC(CN1CCCCC1)OCC1CCN(C(=O)CN)C1. The minimum absolute atomic E-state index is 0.0662. The van der Waals surface area contributed by atoms with Gasteiger partial charge in [0.05, 0.1) is 19.3 Å². The van der Waals surface area contributed by atoms with E-state index in [0.717, 1.165) is 38.4 Å². The first-order valence-electron chi connectivity index (χ1n) is 9.87. The fourth-order valence-corrected chi connectivity index (χ4v) is 3.94. The molecule has 2 rings (SSSR count). The first-order valence-corrected chi connectivity index (χ1v) is 11.3. The standard InChI is InChI=1S/C16H31N3O2S.C2H6.C2H2/c1-22-13-15(11-18-6-3-2-4-7-18)21-12-14-5-8-19(10-14)16(20)9-17;2*1-2/h14-15H,2-13,17H2,1H3;1-2H3;1-2H. The number of carbonyl (C=O) groups excluding carboxylic acids is 1. The Kier molecular flexibility index (Phi) is 16.0. The minimum Gasteiger partial charge on any atom is -0.376 e. The van der Waals surface area contributed by atoms with E-state index >= 15 is 0 Å². The summed E-state index contributed by atoms with van der Waals surface area (Å²) >= 11 is 1.86. The second-order valence-electron chi connectivity index (χ2n) is 6.47. The van der Waals surface area contributed by atoms with E-state index in [9.17, 15) is 4.79 Å². The van der Waals surface area contributed by atoms with Gasteiger partial charge in [-0.1, -0.05) is 20.3 Å². The second-order valence-corrected chi connectivity index (χ2v) is 7.38. The number of likely N-dealkylation sites (tertiary alicyclic amines) is 2. The first-order chi connectivity index (χ1) is 12.7. The van der Waals surface area contributed by atoms with Gasteiger partial charge >= 0.3 is 0 Å². The number of hydrogen-bond acceptors (Lipinski definition) is 5. The molecule has 2 heterocycles. The van der Waals surface area contributed by atoms with Gasteiger partial charge in [-0.3, -0.25) is 4.79 Å². The lowest BCUT2D eigenvalue weighted by Crippen LogP contribution is -2.39. The van der Waals surface area contributed by atoms with Crippen LogP contribution >= 0.6 is 11.8 Å². The van der Waals surface area contributed by atoms with Crippen LogP contribution in [0.25, 0.3) is 0 Å². The number of carbonyl (C=O) groups is 1. The number of thioether (sulfide) groups is 1. The molecule has 0 bridgehead atoms. The average Bonchev–Trinajstić information content (AvgIpc) is 3.19. The molecule has 1 amide bonds. The normalized spacial score (nSPS) is 21.2. The number of rotatable bonds is 8. The summed E-state index contributed by atoms with van der Waals surface area (Å²) in [6.45, 7) is 10.0. The number of piperidine rings is 1. The summed E-state index contributed by atoms with van der Waals surface area (Å²) in [5.41, 5.74) is 5.43. The van der Waals surface area contributed by atoms with Crippen molar-refractivity contribution in [3.8, 4) is 12.8 Å². The molecule has 2 N–H and O–H groups in total. The van der Waals surface area contributed by atoms with Gasteiger partial charge in [-0.05, 0) is 38.6 Å². The van der Waals surface area contributed by atoms with Crippen molar-refractivity contribution in [1.29, 1.82) is 0 Å². The zero-order valence-corrected chi connectivity index (χ0v) is 17.8. The van der Waals surface area contributed by atoms with E-state index in [0.29, 0.717) is 12.0 Å². The van der Waals surface area contributed by atoms with E-state index in [-0.39, 0.29) is 12.5 Å². The van der Waals surface area contributed by atoms with Crippen LogP contribution in [-0.2, 0) is 9.53 Å². The summed E-state index contributed by atoms with van der Waals surface area (Å²) in [7, 11) is 0. The summed E-state index contributed by atoms with van der Waals surface area (Å²) in [6, 6.07) is 0. The molecule has 2 atom stereocenters. The highest BCUT2D eigenvalue weighted by Crippen LogP contribution is 2.18. The molecular formula is C20H39N3O2S. The second kappa shape index (κ2) is 16.4. The molecule has 0 radical (unpaired) electrons. The highest BCUT2D eigenvalue weighted by Gasteiger charge is 2.26. The summed E-state index contributed by atoms with van der Waals surface area (Å²) < 4.78 is 6.20. The monoisotopic (exact) mass is 385 g/mol. The Balaban J connectivity index is 0.00000146. The van der Waals surface area contributed by atoms with Crippen LogP contribution in [0.5, 0.6) is 0 Å². The van der Waals surface area contributed by atoms with Gasteiger partial charge < -0.3 is 20.3 Å². The van der Waals surface area contributed by atoms with Crippen LogP contribution in [0.3, 0.4) is 0 Å². The fourth-order valence-electron chi connectivity index (χ4n) is 3.37. The molecule has 0 aromatic heterocycles.